The number of benzene rings is 1. The minimum absolute atomic E-state index is 0.147. The lowest BCUT2D eigenvalue weighted by Gasteiger charge is -2.25. The second kappa shape index (κ2) is 7.62. The maximum Gasteiger partial charge on any atom is 0.0514 e. The summed E-state index contributed by atoms with van der Waals surface area (Å²) in [5.74, 6) is 0.721. The molecule has 0 saturated carbocycles. The molecule has 0 aromatic heterocycles. The van der Waals surface area contributed by atoms with E-state index in [1.165, 1.54) is 5.56 Å². The first-order chi connectivity index (χ1) is 8.20. The van der Waals surface area contributed by atoms with Gasteiger partial charge in [-0.25, -0.2) is 0 Å². The van der Waals surface area contributed by atoms with Gasteiger partial charge in [-0.1, -0.05) is 44.2 Å². The monoisotopic (exact) mass is 253 g/mol. The van der Waals surface area contributed by atoms with Gasteiger partial charge in [0.1, 0.15) is 0 Å². The van der Waals surface area contributed by atoms with Gasteiger partial charge < -0.3 is 5.32 Å². The van der Waals surface area contributed by atoms with E-state index < -0.39 is 10.8 Å². The van der Waals surface area contributed by atoms with Gasteiger partial charge in [0.05, 0.1) is 5.25 Å². The van der Waals surface area contributed by atoms with Crippen LogP contribution in [0.4, 0.5) is 0 Å². The number of rotatable bonds is 7. The van der Waals surface area contributed by atoms with Crippen LogP contribution in [0.5, 0.6) is 0 Å². The molecule has 2 nitrogen and oxygen atoms in total. The van der Waals surface area contributed by atoms with Gasteiger partial charge in [-0.05, 0) is 25.5 Å². The molecular weight excluding hydrogens is 230 g/mol. The highest BCUT2D eigenvalue weighted by Gasteiger charge is 2.22. The fraction of sp³-hybridized carbons (Fsp3) is 0.571. The van der Waals surface area contributed by atoms with Gasteiger partial charge >= 0.3 is 0 Å². The Morgan fingerprint density at radius 1 is 1.24 bits per heavy atom. The van der Waals surface area contributed by atoms with Gasteiger partial charge in [-0.3, -0.25) is 4.21 Å². The van der Waals surface area contributed by atoms with Crippen molar-refractivity contribution in [1.82, 2.24) is 5.32 Å². The second-order valence-corrected chi connectivity index (χ2v) is 6.30. The van der Waals surface area contributed by atoms with Crippen LogP contribution >= 0.6 is 0 Å². The normalized spacial score (nSPS) is 16.4. The molecule has 0 aliphatic heterocycles. The highest BCUT2D eigenvalue weighted by atomic mass is 32.2. The van der Waals surface area contributed by atoms with E-state index in [1.807, 2.05) is 25.1 Å². The molecule has 1 aromatic rings. The third kappa shape index (κ3) is 4.25. The lowest BCUT2D eigenvalue weighted by molar-refractivity contribution is 0.518. The molecule has 3 unspecified atom stereocenters. The van der Waals surface area contributed by atoms with Gasteiger partial charge in [-0.15, -0.1) is 0 Å². The Hall–Kier alpha value is -0.670. The van der Waals surface area contributed by atoms with Gasteiger partial charge in [0.15, 0.2) is 0 Å². The molecule has 0 heterocycles. The molecule has 1 N–H and O–H groups in total. The minimum Gasteiger partial charge on any atom is -0.309 e. The fourth-order valence-electron chi connectivity index (χ4n) is 1.93. The topological polar surface area (TPSA) is 29.1 Å². The maximum absolute atomic E-state index is 12.0. The smallest absolute Gasteiger partial charge is 0.0514 e. The van der Waals surface area contributed by atoms with Crippen molar-refractivity contribution >= 4 is 10.8 Å². The average molecular weight is 253 g/mol. The lowest BCUT2D eigenvalue weighted by Crippen LogP contribution is -2.34. The highest BCUT2D eigenvalue weighted by Crippen LogP contribution is 2.20. The molecule has 0 spiro atoms. The van der Waals surface area contributed by atoms with E-state index in [-0.39, 0.29) is 11.3 Å². The molecule has 1 rings (SSSR count). The maximum atomic E-state index is 12.0. The van der Waals surface area contributed by atoms with Crippen molar-refractivity contribution in [1.29, 1.82) is 0 Å². The molecule has 3 heteroatoms. The molecule has 1 aromatic carbocycles. The highest BCUT2D eigenvalue weighted by molar-refractivity contribution is 7.85. The van der Waals surface area contributed by atoms with E-state index in [9.17, 15) is 4.21 Å². The number of hydrogen-bond donors (Lipinski definition) is 1. The Morgan fingerprint density at radius 2 is 1.88 bits per heavy atom. The van der Waals surface area contributed by atoms with Crippen molar-refractivity contribution < 1.29 is 4.21 Å². The number of nitrogens with one attached hydrogen (secondary N) is 1. The summed E-state index contributed by atoms with van der Waals surface area (Å²) >= 11 is 0. The van der Waals surface area contributed by atoms with Crippen molar-refractivity contribution in [2.45, 2.75) is 38.5 Å². The Balaban J connectivity index is 2.84. The van der Waals surface area contributed by atoms with E-state index in [0.717, 1.165) is 18.7 Å². The Labute approximate surface area is 107 Å². The zero-order chi connectivity index (χ0) is 12.7. The number of hydrogen-bond acceptors (Lipinski definition) is 2. The van der Waals surface area contributed by atoms with E-state index in [0.29, 0.717) is 0 Å². The third-order valence-electron chi connectivity index (χ3n) is 2.94. The SMILES string of the molecule is CCCNC(c1ccccc1)C(C)S(=O)CC. The second-order valence-electron chi connectivity index (χ2n) is 4.22. The molecule has 17 heavy (non-hydrogen) atoms. The minimum atomic E-state index is -0.768. The van der Waals surface area contributed by atoms with Crippen LogP contribution < -0.4 is 5.32 Å². The average Bonchev–Trinajstić information content (AvgIpc) is 2.39. The van der Waals surface area contributed by atoms with Crippen LogP contribution in [0, 0.1) is 0 Å². The van der Waals surface area contributed by atoms with Crippen molar-refractivity contribution in [2.75, 3.05) is 12.3 Å². The van der Waals surface area contributed by atoms with Crippen LogP contribution in [-0.2, 0) is 10.8 Å². The molecule has 96 valence electrons. The van der Waals surface area contributed by atoms with E-state index in [4.69, 9.17) is 0 Å². The van der Waals surface area contributed by atoms with Gasteiger partial charge in [0.2, 0.25) is 0 Å². The lowest BCUT2D eigenvalue weighted by atomic mass is 10.0. The first-order valence-electron chi connectivity index (χ1n) is 6.36. The molecule has 0 aliphatic carbocycles. The molecule has 0 fully saturated rings. The summed E-state index contributed by atoms with van der Waals surface area (Å²) in [5, 5.41) is 3.65. The predicted molar refractivity (Wildman–Crippen MR) is 75.6 cm³/mol. The first kappa shape index (κ1) is 14.4. The summed E-state index contributed by atoms with van der Waals surface area (Å²) in [6.07, 6.45) is 1.09. The van der Waals surface area contributed by atoms with Crippen LogP contribution in [0.2, 0.25) is 0 Å². The van der Waals surface area contributed by atoms with Crippen LogP contribution in [0.25, 0.3) is 0 Å². The zero-order valence-electron chi connectivity index (χ0n) is 11.0. The van der Waals surface area contributed by atoms with Crippen molar-refractivity contribution in [3.05, 3.63) is 35.9 Å². The summed E-state index contributed by atoms with van der Waals surface area (Å²) in [7, 11) is -0.768. The van der Waals surface area contributed by atoms with Gasteiger partial charge in [0, 0.05) is 22.6 Å². The van der Waals surface area contributed by atoms with Gasteiger partial charge in [0.25, 0.3) is 0 Å². The van der Waals surface area contributed by atoms with Crippen LogP contribution in [0.1, 0.15) is 38.8 Å². The molecule has 0 saturated heterocycles. The molecule has 3 atom stereocenters. The van der Waals surface area contributed by atoms with Crippen LogP contribution in [-0.4, -0.2) is 21.8 Å². The molecule has 0 amide bonds. The standard InChI is InChI=1S/C14H23NOS/c1-4-11-15-14(12(3)17(16)5-2)13-9-7-6-8-10-13/h6-10,12,14-15H,4-5,11H2,1-3H3. The largest absolute Gasteiger partial charge is 0.309 e. The van der Waals surface area contributed by atoms with Crippen LogP contribution in [0.3, 0.4) is 0 Å². The van der Waals surface area contributed by atoms with E-state index in [1.54, 1.807) is 0 Å². The molecule has 0 bridgehead atoms. The third-order valence-corrected chi connectivity index (χ3v) is 4.61. The fourth-order valence-corrected chi connectivity index (χ4v) is 3.01. The summed E-state index contributed by atoms with van der Waals surface area (Å²) < 4.78 is 12.0. The zero-order valence-corrected chi connectivity index (χ0v) is 11.8. The Morgan fingerprint density at radius 3 is 2.41 bits per heavy atom. The molecule has 0 aliphatic rings. The van der Waals surface area contributed by atoms with Gasteiger partial charge in [-0.2, -0.15) is 0 Å². The van der Waals surface area contributed by atoms with Crippen molar-refractivity contribution in [3.8, 4) is 0 Å². The predicted octanol–water partition coefficient (Wildman–Crippen LogP) is 2.88. The summed E-state index contributed by atoms with van der Waals surface area (Å²) in [4.78, 5) is 0. The first-order valence-corrected chi connectivity index (χ1v) is 7.74. The molecule has 0 radical (unpaired) electrons. The molecular formula is C14H23NOS. The Kier molecular flexibility index (Phi) is 6.45. The van der Waals surface area contributed by atoms with Crippen molar-refractivity contribution in [3.63, 3.8) is 0 Å². The van der Waals surface area contributed by atoms with Crippen molar-refractivity contribution in [2.24, 2.45) is 0 Å². The van der Waals surface area contributed by atoms with Crippen LogP contribution in [0.15, 0.2) is 30.3 Å². The van der Waals surface area contributed by atoms with E-state index >= 15 is 0 Å². The quantitative estimate of drug-likeness (QED) is 0.809. The Bertz CT molecular complexity index is 339. The summed E-state index contributed by atoms with van der Waals surface area (Å²) in [6, 6.07) is 10.5. The summed E-state index contributed by atoms with van der Waals surface area (Å²) in [5.41, 5.74) is 1.23. The van der Waals surface area contributed by atoms with E-state index in [2.05, 4.69) is 31.3 Å². The summed E-state index contributed by atoms with van der Waals surface area (Å²) in [6.45, 7) is 7.16.